The molecule has 0 spiro atoms. The monoisotopic (exact) mass is 368 g/mol. The van der Waals surface area contributed by atoms with E-state index in [1.807, 2.05) is 45.0 Å². The van der Waals surface area contributed by atoms with E-state index in [0.717, 1.165) is 29.2 Å². The van der Waals surface area contributed by atoms with Crippen molar-refractivity contribution in [1.82, 2.24) is 15.3 Å². The first kappa shape index (κ1) is 19.3. The van der Waals surface area contributed by atoms with Gasteiger partial charge in [0.25, 0.3) is 0 Å². The molecule has 6 nitrogen and oxygen atoms in total. The number of aromatic nitrogens is 2. The Kier molecular flexibility index (Phi) is 5.75. The molecule has 27 heavy (non-hydrogen) atoms. The van der Waals surface area contributed by atoms with E-state index in [0.29, 0.717) is 18.3 Å². The first-order valence-corrected chi connectivity index (χ1v) is 9.44. The lowest BCUT2D eigenvalue weighted by molar-refractivity contribution is -0.123. The number of carbonyl (C=O) groups is 1. The second-order valence-electron chi connectivity index (χ2n) is 7.58. The van der Waals surface area contributed by atoms with Crippen LogP contribution in [0, 0.1) is 19.8 Å². The highest BCUT2D eigenvalue weighted by Crippen LogP contribution is 2.24. The lowest BCUT2D eigenvalue weighted by Crippen LogP contribution is -2.41. The molecule has 2 heterocycles. The number of aryl methyl sites for hydroxylation is 2. The molecule has 2 N–H and O–H groups in total. The van der Waals surface area contributed by atoms with Gasteiger partial charge in [-0.15, -0.1) is 0 Å². The van der Waals surface area contributed by atoms with Crippen LogP contribution in [0.4, 0.5) is 5.82 Å². The zero-order valence-corrected chi connectivity index (χ0v) is 16.4. The molecule has 0 radical (unpaired) electrons. The first-order valence-electron chi connectivity index (χ1n) is 9.44. The highest BCUT2D eigenvalue weighted by atomic mass is 16.3. The SMILES string of the molecule is Cc1cccc(C(C)C(=O)N[C@@H]2CN(c3cc(C)nc(CO)n3)C[C@H]2C)c1. The van der Waals surface area contributed by atoms with Gasteiger partial charge in [0.1, 0.15) is 12.4 Å². The van der Waals surface area contributed by atoms with Crippen LogP contribution in [0.2, 0.25) is 0 Å². The quantitative estimate of drug-likeness (QED) is 0.847. The largest absolute Gasteiger partial charge is 0.388 e. The van der Waals surface area contributed by atoms with E-state index in [9.17, 15) is 9.90 Å². The topological polar surface area (TPSA) is 78.4 Å². The highest BCUT2D eigenvalue weighted by Gasteiger charge is 2.32. The van der Waals surface area contributed by atoms with Crippen molar-refractivity contribution < 1.29 is 9.90 Å². The normalized spacial score (nSPS) is 20.6. The van der Waals surface area contributed by atoms with Gasteiger partial charge in [-0.25, -0.2) is 9.97 Å². The molecule has 3 atom stereocenters. The van der Waals surface area contributed by atoms with Crippen LogP contribution in [0.25, 0.3) is 0 Å². The molecule has 1 unspecified atom stereocenters. The minimum absolute atomic E-state index is 0.0502. The Labute approximate surface area is 160 Å². The van der Waals surface area contributed by atoms with E-state index >= 15 is 0 Å². The lowest BCUT2D eigenvalue weighted by atomic mass is 9.97. The summed E-state index contributed by atoms with van der Waals surface area (Å²) in [5.74, 6) is 1.41. The Morgan fingerprint density at radius 3 is 2.78 bits per heavy atom. The minimum atomic E-state index is -0.187. The second kappa shape index (κ2) is 8.05. The molecule has 144 valence electrons. The fourth-order valence-electron chi connectivity index (χ4n) is 3.59. The van der Waals surface area contributed by atoms with Gasteiger partial charge in [-0.2, -0.15) is 0 Å². The zero-order valence-electron chi connectivity index (χ0n) is 16.4. The predicted octanol–water partition coefficient (Wildman–Crippen LogP) is 2.33. The van der Waals surface area contributed by atoms with Gasteiger partial charge < -0.3 is 15.3 Å². The number of hydrogen-bond acceptors (Lipinski definition) is 5. The van der Waals surface area contributed by atoms with Crippen molar-refractivity contribution in [3.63, 3.8) is 0 Å². The maximum Gasteiger partial charge on any atom is 0.227 e. The molecular formula is C21H28N4O2. The fourth-order valence-corrected chi connectivity index (χ4v) is 3.59. The van der Waals surface area contributed by atoms with Gasteiger partial charge in [0.2, 0.25) is 5.91 Å². The Morgan fingerprint density at radius 2 is 2.07 bits per heavy atom. The molecule has 0 aliphatic carbocycles. The number of anilines is 1. The van der Waals surface area contributed by atoms with Crippen LogP contribution in [0.1, 0.15) is 42.4 Å². The zero-order chi connectivity index (χ0) is 19.6. The average molecular weight is 368 g/mol. The van der Waals surface area contributed by atoms with E-state index in [-0.39, 0.29) is 24.5 Å². The highest BCUT2D eigenvalue weighted by molar-refractivity contribution is 5.83. The average Bonchev–Trinajstić information content (AvgIpc) is 3.01. The standard InChI is InChI=1S/C21H28N4O2/c1-13-6-5-7-17(8-13)16(4)21(27)23-18-11-25(10-14(18)2)20-9-15(3)22-19(12-26)24-20/h5-9,14,16,18,26H,10-12H2,1-4H3,(H,23,27)/t14-,16?,18-/m1/s1. The van der Waals surface area contributed by atoms with E-state index in [1.165, 1.54) is 0 Å². The van der Waals surface area contributed by atoms with Crippen molar-refractivity contribution in [1.29, 1.82) is 0 Å². The van der Waals surface area contributed by atoms with Crippen molar-refractivity contribution in [2.75, 3.05) is 18.0 Å². The number of nitrogens with zero attached hydrogens (tertiary/aromatic N) is 3. The second-order valence-corrected chi connectivity index (χ2v) is 7.58. The van der Waals surface area contributed by atoms with Crippen molar-refractivity contribution in [2.45, 2.75) is 46.3 Å². The summed E-state index contributed by atoms with van der Waals surface area (Å²) in [6.07, 6.45) is 0. The number of benzene rings is 1. The minimum Gasteiger partial charge on any atom is -0.388 e. The number of hydrogen-bond donors (Lipinski definition) is 2. The van der Waals surface area contributed by atoms with Crippen LogP contribution >= 0.6 is 0 Å². The van der Waals surface area contributed by atoms with E-state index in [4.69, 9.17) is 0 Å². The van der Waals surface area contributed by atoms with Crippen molar-refractivity contribution in [3.05, 3.63) is 53.0 Å². The van der Waals surface area contributed by atoms with Crippen LogP contribution < -0.4 is 10.2 Å². The fraction of sp³-hybridized carbons (Fsp3) is 0.476. The third-order valence-electron chi connectivity index (χ3n) is 5.23. The third-order valence-corrected chi connectivity index (χ3v) is 5.23. The van der Waals surface area contributed by atoms with E-state index in [2.05, 4.69) is 33.2 Å². The molecule has 1 aliphatic heterocycles. The first-order chi connectivity index (χ1) is 12.9. The predicted molar refractivity (Wildman–Crippen MR) is 106 cm³/mol. The number of rotatable bonds is 5. The molecule has 0 saturated carbocycles. The molecule has 1 amide bonds. The molecule has 1 saturated heterocycles. The summed E-state index contributed by atoms with van der Waals surface area (Å²) in [6.45, 7) is 9.36. The smallest absolute Gasteiger partial charge is 0.227 e. The van der Waals surface area contributed by atoms with Crippen LogP contribution in [0.3, 0.4) is 0 Å². The Morgan fingerprint density at radius 1 is 1.30 bits per heavy atom. The maximum atomic E-state index is 12.8. The summed E-state index contributed by atoms with van der Waals surface area (Å²) < 4.78 is 0. The molecule has 3 rings (SSSR count). The van der Waals surface area contributed by atoms with Gasteiger partial charge in [0, 0.05) is 24.8 Å². The molecule has 1 fully saturated rings. The molecular weight excluding hydrogens is 340 g/mol. The van der Waals surface area contributed by atoms with Gasteiger partial charge in [-0.3, -0.25) is 4.79 Å². The number of aliphatic hydroxyl groups is 1. The summed E-state index contributed by atoms with van der Waals surface area (Å²) in [5, 5.41) is 12.6. The molecule has 1 aromatic carbocycles. The van der Waals surface area contributed by atoms with Crippen LogP contribution in [0.5, 0.6) is 0 Å². The van der Waals surface area contributed by atoms with Gasteiger partial charge >= 0.3 is 0 Å². The van der Waals surface area contributed by atoms with Gasteiger partial charge in [0.15, 0.2) is 5.82 Å². The molecule has 1 aromatic heterocycles. The number of aliphatic hydroxyl groups excluding tert-OH is 1. The van der Waals surface area contributed by atoms with Gasteiger partial charge in [0.05, 0.1) is 12.0 Å². The summed E-state index contributed by atoms with van der Waals surface area (Å²) in [7, 11) is 0. The number of nitrogens with one attached hydrogen (secondary N) is 1. The summed E-state index contributed by atoms with van der Waals surface area (Å²) in [6, 6.07) is 10.1. The van der Waals surface area contributed by atoms with Crippen molar-refractivity contribution >= 4 is 11.7 Å². The Hall–Kier alpha value is -2.47. The van der Waals surface area contributed by atoms with Crippen molar-refractivity contribution in [3.8, 4) is 0 Å². The summed E-state index contributed by atoms with van der Waals surface area (Å²) in [4.78, 5) is 23.6. The maximum absolute atomic E-state index is 12.8. The number of amides is 1. The van der Waals surface area contributed by atoms with Crippen molar-refractivity contribution in [2.24, 2.45) is 5.92 Å². The third kappa shape index (κ3) is 4.45. The Bertz CT molecular complexity index is 824. The van der Waals surface area contributed by atoms with Crippen LogP contribution in [0.15, 0.2) is 30.3 Å². The molecule has 1 aliphatic rings. The Balaban J connectivity index is 1.68. The lowest BCUT2D eigenvalue weighted by Gasteiger charge is -2.21. The molecule has 0 bridgehead atoms. The molecule has 2 aromatic rings. The van der Waals surface area contributed by atoms with Crippen LogP contribution in [-0.4, -0.2) is 40.1 Å². The molecule has 6 heteroatoms. The van der Waals surface area contributed by atoms with Gasteiger partial charge in [-0.05, 0) is 32.3 Å². The summed E-state index contributed by atoms with van der Waals surface area (Å²) in [5.41, 5.74) is 3.03. The van der Waals surface area contributed by atoms with E-state index in [1.54, 1.807) is 0 Å². The number of carbonyl (C=O) groups excluding carboxylic acids is 1. The van der Waals surface area contributed by atoms with Crippen LogP contribution in [-0.2, 0) is 11.4 Å². The van der Waals surface area contributed by atoms with E-state index < -0.39 is 0 Å². The summed E-state index contributed by atoms with van der Waals surface area (Å²) >= 11 is 0. The van der Waals surface area contributed by atoms with Gasteiger partial charge in [-0.1, -0.05) is 36.8 Å².